The minimum atomic E-state index is -3.60. The van der Waals surface area contributed by atoms with Crippen LogP contribution in [0.4, 0.5) is 0 Å². The SMILES string of the molecule is Cc1ccc(C)c(S(=O)(=O)N2CCN(C(=O)CCC(=O)NC3(c4ccccc4)CCC3)CC2)c1. The van der Waals surface area contributed by atoms with Crippen LogP contribution in [0.3, 0.4) is 0 Å². The van der Waals surface area contributed by atoms with Crippen LogP contribution in [0.2, 0.25) is 0 Å². The van der Waals surface area contributed by atoms with Gasteiger partial charge < -0.3 is 10.2 Å². The van der Waals surface area contributed by atoms with Gasteiger partial charge in [-0.3, -0.25) is 9.59 Å². The van der Waals surface area contributed by atoms with Crippen molar-refractivity contribution in [2.24, 2.45) is 0 Å². The van der Waals surface area contributed by atoms with Gasteiger partial charge >= 0.3 is 0 Å². The molecule has 0 radical (unpaired) electrons. The monoisotopic (exact) mass is 483 g/mol. The molecule has 1 N–H and O–H groups in total. The molecular weight excluding hydrogens is 450 g/mol. The second-order valence-electron chi connectivity index (χ2n) is 9.40. The summed E-state index contributed by atoms with van der Waals surface area (Å²) in [5.41, 5.74) is 2.42. The number of benzene rings is 2. The lowest BCUT2D eigenvalue weighted by molar-refractivity contribution is -0.135. The number of nitrogens with one attached hydrogen (secondary N) is 1. The van der Waals surface area contributed by atoms with Crippen molar-refractivity contribution >= 4 is 21.8 Å². The Morgan fingerprint density at radius 3 is 2.24 bits per heavy atom. The molecule has 1 aliphatic heterocycles. The van der Waals surface area contributed by atoms with Crippen molar-refractivity contribution in [3.8, 4) is 0 Å². The third-order valence-electron chi connectivity index (χ3n) is 7.03. The summed E-state index contributed by atoms with van der Waals surface area (Å²) in [6.07, 6.45) is 3.15. The van der Waals surface area contributed by atoms with E-state index >= 15 is 0 Å². The third-order valence-corrected chi connectivity index (χ3v) is 9.07. The van der Waals surface area contributed by atoms with E-state index in [9.17, 15) is 18.0 Å². The minimum Gasteiger partial charge on any atom is -0.347 e. The molecule has 1 heterocycles. The fourth-order valence-electron chi connectivity index (χ4n) is 4.78. The van der Waals surface area contributed by atoms with E-state index in [0.717, 1.165) is 36.0 Å². The van der Waals surface area contributed by atoms with Gasteiger partial charge in [-0.2, -0.15) is 4.31 Å². The van der Waals surface area contributed by atoms with E-state index in [2.05, 4.69) is 5.32 Å². The molecule has 2 aliphatic rings. The van der Waals surface area contributed by atoms with Gasteiger partial charge in [-0.1, -0.05) is 42.5 Å². The highest BCUT2D eigenvalue weighted by Crippen LogP contribution is 2.41. The molecule has 2 amide bonds. The van der Waals surface area contributed by atoms with E-state index in [0.29, 0.717) is 18.0 Å². The van der Waals surface area contributed by atoms with E-state index in [1.54, 1.807) is 17.9 Å². The van der Waals surface area contributed by atoms with Crippen LogP contribution < -0.4 is 5.32 Å². The number of rotatable bonds is 7. The number of amides is 2. The molecule has 0 aromatic heterocycles. The van der Waals surface area contributed by atoms with Gasteiger partial charge in [0.2, 0.25) is 21.8 Å². The molecule has 1 aliphatic carbocycles. The molecule has 8 heteroatoms. The van der Waals surface area contributed by atoms with Gasteiger partial charge in [0.15, 0.2) is 0 Å². The molecule has 182 valence electrons. The smallest absolute Gasteiger partial charge is 0.243 e. The molecule has 34 heavy (non-hydrogen) atoms. The summed E-state index contributed by atoms with van der Waals surface area (Å²) in [5.74, 6) is -0.227. The Bertz CT molecular complexity index is 1150. The summed E-state index contributed by atoms with van der Waals surface area (Å²) in [4.78, 5) is 27.4. The van der Waals surface area contributed by atoms with Gasteiger partial charge in [-0.15, -0.1) is 0 Å². The summed E-state index contributed by atoms with van der Waals surface area (Å²) >= 11 is 0. The zero-order chi connectivity index (χ0) is 24.3. The maximum Gasteiger partial charge on any atom is 0.243 e. The van der Waals surface area contributed by atoms with Crippen molar-refractivity contribution in [1.82, 2.24) is 14.5 Å². The molecule has 2 aromatic rings. The lowest BCUT2D eigenvalue weighted by Gasteiger charge is -2.43. The Labute approximate surface area is 202 Å². The molecule has 0 atom stereocenters. The second-order valence-corrected chi connectivity index (χ2v) is 11.3. The van der Waals surface area contributed by atoms with Gasteiger partial charge in [-0.25, -0.2) is 8.42 Å². The van der Waals surface area contributed by atoms with Crippen LogP contribution in [-0.4, -0.2) is 55.6 Å². The number of carbonyl (C=O) groups is 2. The maximum absolute atomic E-state index is 13.1. The first kappa shape index (κ1) is 24.4. The second kappa shape index (κ2) is 9.88. The third kappa shape index (κ3) is 5.03. The highest BCUT2D eigenvalue weighted by molar-refractivity contribution is 7.89. The van der Waals surface area contributed by atoms with Gasteiger partial charge in [-0.05, 0) is 55.9 Å². The first-order valence-electron chi connectivity index (χ1n) is 11.9. The molecule has 2 fully saturated rings. The number of aryl methyl sites for hydroxylation is 2. The number of hydrogen-bond acceptors (Lipinski definition) is 4. The van der Waals surface area contributed by atoms with E-state index in [-0.39, 0.29) is 43.3 Å². The van der Waals surface area contributed by atoms with Gasteiger partial charge in [0.25, 0.3) is 0 Å². The van der Waals surface area contributed by atoms with Crippen LogP contribution in [0.25, 0.3) is 0 Å². The van der Waals surface area contributed by atoms with E-state index in [4.69, 9.17) is 0 Å². The average molecular weight is 484 g/mol. The fraction of sp³-hybridized carbons (Fsp3) is 0.462. The molecule has 1 saturated carbocycles. The number of carbonyl (C=O) groups excluding carboxylic acids is 2. The minimum absolute atomic E-state index is 0.110. The van der Waals surface area contributed by atoms with E-state index in [1.807, 2.05) is 49.4 Å². The quantitative estimate of drug-likeness (QED) is 0.656. The summed E-state index contributed by atoms with van der Waals surface area (Å²) in [5, 5.41) is 3.16. The summed E-state index contributed by atoms with van der Waals surface area (Å²) in [6, 6.07) is 15.4. The summed E-state index contributed by atoms with van der Waals surface area (Å²) in [6.45, 7) is 4.84. The van der Waals surface area contributed by atoms with Crippen molar-refractivity contribution in [2.75, 3.05) is 26.2 Å². The zero-order valence-corrected chi connectivity index (χ0v) is 20.7. The number of hydrogen-bond donors (Lipinski definition) is 1. The molecular formula is C26H33N3O4S. The summed E-state index contributed by atoms with van der Waals surface area (Å²) in [7, 11) is -3.60. The van der Waals surface area contributed by atoms with Gasteiger partial charge in [0.1, 0.15) is 0 Å². The molecule has 0 spiro atoms. The van der Waals surface area contributed by atoms with Crippen molar-refractivity contribution in [3.05, 3.63) is 65.2 Å². The van der Waals surface area contributed by atoms with Crippen LogP contribution in [0.5, 0.6) is 0 Å². The Morgan fingerprint density at radius 2 is 1.62 bits per heavy atom. The van der Waals surface area contributed by atoms with Crippen LogP contribution in [0.1, 0.15) is 48.8 Å². The van der Waals surface area contributed by atoms with Crippen molar-refractivity contribution in [3.63, 3.8) is 0 Å². The lowest BCUT2D eigenvalue weighted by atomic mass is 9.71. The predicted octanol–water partition coefficient (Wildman–Crippen LogP) is 3.11. The predicted molar refractivity (Wildman–Crippen MR) is 131 cm³/mol. The highest BCUT2D eigenvalue weighted by Gasteiger charge is 2.40. The van der Waals surface area contributed by atoms with Crippen molar-refractivity contribution in [1.29, 1.82) is 0 Å². The Balaban J connectivity index is 1.28. The van der Waals surface area contributed by atoms with Crippen LogP contribution in [0, 0.1) is 13.8 Å². The van der Waals surface area contributed by atoms with Crippen LogP contribution in [-0.2, 0) is 25.2 Å². The van der Waals surface area contributed by atoms with Crippen molar-refractivity contribution < 1.29 is 18.0 Å². The van der Waals surface area contributed by atoms with Crippen LogP contribution >= 0.6 is 0 Å². The molecule has 7 nitrogen and oxygen atoms in total. The van der Waals surface area contributed by atoms with Gasteiger partial charge in [0, 0.05) is 39.0 Å². The number of sulfonamides is 1. The van der Waals surface area contributed by atoms with E-state index in [1.165, 1.54) is 4.31 Å². The van der Waals surface area contributed by atoms with Gasteiger partial charge in [0.05, 0.1) is 10.4 Å². The number of nitrogens with zero attached hydrogens (tertiary/aromatic N) is 2. The molecule has 1 saturated heterocycles. The molecule has 0 unspecified atom stereocenters. The fourth-order valence-corrected chi connectivity index (χ4v) is 6.52. The topological polar surface area (TPSA) is 86.8 Å². The Kier molecular flexibility index (Phi) is 7.09. The first-order valence-corrected chi connectivity index (χ1v) is 13.4. The Hall–Kier alpha value is -2.71. The average Bonchev–Trinajstić information content (AvgIpc) is 2.82. The molecule has 4 rings (SSSR count). The largest absolute Gasteiger partial charge is 0.347 e. The molecule has 0 bridgehead atoms. The summed E-state index contributed by atoms with van der Waals surface area (Å²) < 4.78 is 27.7. The first-order chi connectivity index (χ1) is 16.2. The van der Waals surface area contributed by atoms with E-state index < -0.39 is 10.0 Å². The zero-order valence-electron chi connectivity index (χ0n) is 19.9. The lowest BCUT2D eigenvalue weighted by Crippen LogP contribution is -2.52. The number of piperazine rings is 1. The highest BCUT2D eigenvalue weighted by atomic mass is 32.2. The van der Waals surface area contributed by atoms with Crippen molar-refractivity contribution in [2.45, 2.75) is 56.4 Å². The molecule has 2 aromatic carbocycles. The standard InChI is InChI=1S/C26H33N3O4S/c1-20-9-10-21(2)23(19-20)34(32,33)29-17-15-28(16-18-29)25(31)12-11-24(30)27-26(13-6-14-26)22-7-4-3-5-8-22/h3-5,7-10,19H,6,11-18H2,1-2H3,(H,27,30). The maximum atomic E-state index is 13.1. The Morgan fingerprint density at radius 1 is 0.941 bits per heavy atom. The normalized spacial score (nSPS) is 18.2. The van der Waals surface area contributed by atoms with Crippen LogP contribution in [0.15, 0.2) is 53.4 Å².